The Kier molecular flexibility index (Phi) is 5.56. The number of hydrogen-bond donors (Lipinski definition) is 2. The zero-order chi connectivity index (χ0) is 16.3. The summed E-state index contributed by atoms with van der Waals surface area (Å²) in [6, 6.07) is 11.3. The van der Waals surface area contributed by atoms with Gasteiger partial charge < -0.3 is 10.2 Å². The first-order valence-corrected chi connectivity index (χ1v) is 8.95. The lowest BCUT2D eigenvalue weighted by Crippen LogP contribution is -2.23. The third-order valence-corrected chi connectivity index (χ3v) is 5.47. The first-order chi connectivity index (χ1) is 10.4. The van der Waals surface area contributed by atoms with Crippen LogP contribution in [0, 0.1) is 0 Å². The van der Waals surface area contributed by atoms with Crippen LogP contribution >= 0.6 is 31.9 Å². The van der Waals surface area contributed by atoms with Crippen LogP contribution in [0.4, 0.5) is 0 Å². The van der Waals surface area contributed by atoms with Crippen LogP contribution in [0.1, 0.15) is 44.2 Å². The Morgan fingerprint density at radius 2 is 1.36 bits per heavy atom. The van der Waals surface area contributed by atoms with Gasteiger partial charge in [-0.05, 0) is 73.7 Å². The summed E-state index contributed by atoms with van der Waals surface area (Å²) >= 11 is 6.81. The molecule has 0 atom stereocenters. The molecule has 0 saturated heterocycles. The number of unbranched alkanes of at least 4 members (excludes halogenated alkanes) is 1. The van der Waals surface area contributed by atoms with E-state index in [0.717, 1.165) is 30.4 Å². The number of phenols is 2. The summed E-state index contributed by atoms with van der Waals surface area (Å²) < 4.78 is 1.40. The molecule has 2 aromatic rings. The minimum atomic E-state index is -0.178. The molecule has 0 aliphatic heterocycles. The molecule has 4 heteroatoms. The molecule has 0 aromatic heterocycles. The molecule has 0 radical (unpaired) electrons. The maximum Gasteiger partial charge on any atom is 0.129 e. The molecule has 2 aromatic carbocycles. The normalized spacial score (nSPS) is 11.6. The van der Waals surface area contributed by atoms with Crippen molar-refractivity contribution in [2.75, 3.05) is 0 Å². The largest absolute Gasteiger partial charge is 0.507 e. The number of phenolic OH excluding ortho intramolecular Hbond substituents is 2. The van der Waals surface area contributed by atoms with Crippen molar-refractivity contribution in [2.24, 2.45) is 0 Å². The van der Waals surface area contributed by atoms with E-state index in [4.69, 9.17) is 0 Å². The second-order valence-corrected chi connectivity index (χ2v) is 7.48. The van der Waals surface area contributed by atoms with Crippen molar-refractivity contribution >= 4 is 31.9 Å². The molecule has 0 aliphatic carbocycles. The third-order valence-electron chi connectivity index (χ3n) is 4.20. The molecule has 0 unspecified atom stereocenters. The Morgan fingerprint density at radius 3 is 1.73 bits per heavy atom. The van der Waals surface area contributed by atoms with Gasteiger partial charge in [-0.3, -0.25) is 0 Å². The minimum absolute atomic E-state index is 0.178. The van der Waals surface area contributed by atoms with E-state index < -0.39 is 0 Å². The van der Waals surface area contributed by atoms with Gasteiger partial charge in [-0.15, -0.1) is 0 Å². The average Bonchev–Trinajstić information content (AvgIpc) is 2.50. The SMILES string of the molecule is CCCCC(C)(c1ccc(O)c(Br)c1)c1ccc(O)c(Br)c1. The van der Waals surface area contributed by atoms with Crippen LogP contribution in [0.15, 0.2) is 45.3 Å². The quantitative estimate of drug-likeness (QED) is 0.603. The van der Waals surface area contributed by atoms with Crippen LogP contribution in [-0.2, 0) is 5.41 Å². The molecule has 0 saturated carbocycles. The van der Waals surface area contributed by atoms with Gasteiger partial charge >= 0.3 is 0 Å². The fraction of sp³-hybridized carbons (Fsp3) is 0.333. The maximum absolute atomic E-state index is 9.75. The zero-order valence-corrected chi connectivity index (χ0v) is 15.9. The summed E-state index contributed by atoms with van der Waals surface area (Å²) in [6.45, 7) is 4.39. The minimum Gasteiger partial charge on any atom is -0.507 e. The first-order valence-electron chi connectivity index (χ1n) is 7.36. The van der Waals surface area contributed by atoms with Crippen molar-refractivity contribution in [1.29, 1.82) is 0 Å². The highest BCUT2D eigenvalue weighted by molar-refractivity contribution is 9.10. The van der Waals surface area contributed by atoms with Gasteiger partial charge in [-0.1, -0.05) is 38.8 Å². The van der Waals surface area contributed by atoms with E-state index in [1.165, 1.54) is 0 Å². The van der Waals surface area contributed by atoms with Crippen LogP contribution in [0.5, 0.6) is 11.5 Å². The molecule has 0 bridgehead atoms. The van der Waals surface area contributed by atoms with Gasteiger partial charge in [0.15, 0.2) is 0 Å². The average molecular weight is 428 g/mol. The Hall–Kier alpha value is -1.00. The topological polar surface area (TPSA) is 40.5 Å². The summed E-state index contributed by atoms with van der Waals surface area (Å²) in [5, 5.41) is 19.5. The lowest BCUT2D eigenvalue weighted by molar-refractivity contribution is 0.463. The molecule has 22 heavy (non-hydrogen) atoms. The monoisotopic (exact) mass is 426 g/mol. The van der Waals surface area contributed by atoms with Crippen LogP contribution in [0.2, 0.25) is 0 Å². The summed E-state index contributed by atoms with van der Waals surface area (Å²) in [4.78, 5) is 0. The van der Waals surface area contributed by atoms with Gasteiger partial charge in [0, 0.05) is 5.41 Å². The van der Waals surface area contributed by atoms with E-state index in [2.05, 4.69) is 45.7 Å². The summed E-state index contributed by atoms with van der Waals surface area (Å²) in [5.74, 6) is 0.488. The molecular weight excluding hydrogens is 408 g/mol. The highest BCUT2D eigenvalue weighted by Crippen LogP contribution is 2.41. The van der Waals surface area contributed by atoms with Gasteiger partial charge in [-0.2, -0.15) is 0 Å². The van der Waals surface area contributed by atoms with Crippen molar-refractivity contribution < 1.29 is 10.2 Å². The highest BCUT2D eigenvalue weighted by Gasteiger charge is 2.29. The Labute approximate surface area is 148 Å². The highest BCUT2D eigenvalue weighted by atomic mass is 79.9. The van der Waals surface area contributed by atoms with E-state index in [1.54, 1.807) is 12.1 Å². The van der Waals surface area contributed by atoms with E-state index in [9.17, 15) is 10.2 Å². The molecule has 0 amide bonds. The van der Waals surface area contributed by atoms with Crippen LogP contribution in [0.25, 0.3) is 0 Å². The molecule has 0 fully saturated rings. The van der Waals surface area contributed by atoms with Crippen LogP contribution in [0.3, 0.4) is 0 Å². The number of benzene rings is 2. The number of aromatic hydroxyl groups is 2. The summed E-state index contributed by atoms with van der Waals surface area (Å²) in [7, 11) is 0. The molecule has 2 rings (SSSR count). The fourth-order valence-corrected chi connectivity index (χ4v) is 3.44. The Balaban J connectivity index is 2.55. The van der Waals surface area contributed by atoms with Crippen molar-refractivity contribution in [2.45, 2.75) is 38.5 Å². The third kappa shape index (κ3) is 3.49. The lowest BCUT2D eigenvalue weighted by Gasteiger charge is -2.32. The van der Waals surface area contributed by atoms with Crippen molar-refractivity contribution in [1.82, 2.24) is 0 Å². The van der Waals surface area contributed by atoms with Gasteiger partial charge in [0.2, 0.25) is 0 Å². The van der Waals surface area contributed by atoms with Gasteiger partial charge in [-0.25, -0.2) is 0 Å². The molecule has 0 spiro atoms. The van der Waals surface area contributed by atoms with Gasteiger partial charge in [0.25, 0.3) is 0 Å². The molecule has 0 aliphatic rings. The van der Waals surface area contributed by atoms with E-state index in [0.29, 0.717) is 8.95 Å². The first kappa shape index (κ1) is 17.4. The molecular formula is C18H20Br2O2. The van der Waals surface area contributed by atoms with Gasteiger partial charge in [0.1, 0.15) is 11.5 Å². The Bertz CT molecular complexity index is 617. The predicted molar refractivity (Wildman–Crippen MR) is 97.6 cm³/mol. The number of hydrogen-bond acceptors (Lipinski definition) is 2. The van der Waals surface area contributed by atoms with Crippen LogP contribution < -0.4 is 0 Å². The van der Waals surface area contributed by atoms with Crippen LogP contribution in [-0.4, -0.2) is 10.2 Å². The zero-order valence-electron chi connectivity index (χ0n) is 12.7. The second-order valence-electron chi connectivity index (χ2n) is 5.77. The van der Waals surface area contributed by atoms with Crippen molar-refractivity contribution in [3.8, 4) is 11.5 Å². The van der Waals surface area contributed by atoms with Crippen molar-refractivity contribution in [3.05, 3.63) is 56.5 Å². The Morgan fingerprint density at radius 1 is 0.909 bits per heavy atom. The van der Waals surface area contributed by atoms with E-state index in [-0.39, 0.29) is 16.9 Å². The molecule has 2 nitrogen and oxygen atoms in total. The predicted octanol–water partition coefficient (Wildman–Crippen LogP) is 6.12. The smallest absolute Gasteiger partial charge is 0.129 e. The fourth-order valence-electron chi connectivity index (χ4n) is 2.69. The number of halogens is 2. The molecule has 2 N–H and O–H groups in total. The summed E-state index contributed by atoms with van der Waals surface area (Å²) in [5.41, 5.74) is 2.11. The number of rotatable bonds is 5. The molecule has 118 valence electrons. The second kappa shape index (κ2) is 7.05. The summed E-state index contributed by atoms with van der Waals surface area (Å²) in [6.07, 6.45) is 3.22. The van der Waals surface area contributed by atoms with Gasteiger partial charge in [0.05, 0.1) is 8.95 Å². The molecule has 0 heterocycles. The van der Waals surface area contributed by atoms with Crippen molar-refractivity contribution in [3.63, 3.8) is 0 Å². The standard InChI is InChI=1S/C18H20Br2O2/c1-3-4-9-18(2,12-5-7-16(21)14(19)10-12)13-6-8-17(22)15(20)11-13/h5-8,10-11,21-22H,3-4,9H2,1-2H3. The van der Waals surface area contributed by atoms with E-state index in [1.807, 2.05) is 24.3 Å². The lowest BCUT2D eigenvalue weighted by atomic mass is 9.73. The maximum atomic E-state index is 9.75. The van der Waals surface area contributed by atoms with E-state index >= 15 is 0 Å².